The number of hydrogen-bond acceptors (Lipinski definition) is 4. The Morgan fingerprint density at radius 1 is 1.45 bits per heavy atom. The van der Waals surface area contributed by atoms with E-state index in [2.05, 4.69) is 4.98 Å². The van der Waals surface area contributed by atoms with Crippen molar-refractivity contribution < 1.29 is 9.84 Å². The first kappa shape index (κ1) is 13.9. The zero-order chi connectivity index (χ0) is 14.1. The third-order valence-corrected chi connectivity index (χ3v) is 4.82. The van der Waals surface area contributed by atoms with Crippen molar-refractivity contribution in [3.63, 3.8) is 0 Å². The second kappa shape index (κ2) is 5.72. The van der Waals surface area contributed by atoms with E-state index in [-0.39, 0.29) is 6.61 Å². The first-order valence-electron chi connectivity index (χ1n) is 6.65. The molecule has 0 spiro atoms. The average molecular weight is 310 g/mol. The highest BCUT2D eigenvalue weighted by molar-refractivity contribution is 7.11. The second-order valence-electron chi connectivity index (χ2n) is 5.05. The molecule has 5 heteroatoms. The van der Waals surface area contributed by atoms with Crippen LogP contribution in [0.25, 0.3) is 0 Å². The van der Waals surface area contributed by atoms with Crippen molar-refractivity contribution in [2.75, 3.05) is 0 Å². The van der Waals surface area contributed by atoms with E-state index in [4.69, 9.17) is 16.3 Å². The molecule has 1 aliphatic rings. The predicted octanol–water partition coefficient (Wildman–Crippen LogP) is 4.05. The maximum absolute atomic E-state index is 9.38. The first-order valence-corrected chi connectivity index (χ1v) is 7.85. The smallest absolute Gasteiger partial charge is 0.140 e. The molecule has 0 atom stereocenters. The fourth-order valence-corrected chi connectivity index (χ4v) is 3.16. The average Bonchev–Trinajstić information content (AvgIpc) is 3.20. The Labute approximate surface area is 127 Å². The Morgan fingerprint density at radius 2 is 2.25 bits per heavy atom. The van der Waals surface area contributed by atoms with Crippen LogP contribution in [0.3, 0.4) is 0 Å². The van der Waals surface area contributed by atoms with Gasteiger partial charge >= 0.3 is 0 Å². The van der Waals surface area contributed by atoms with Crippen LogP contribution in [0.4, 0.5) is 0 Å². The summed E-state index contributed by atoms with van der Waals surface area (Å²) in [5.74, 6) is 1.35. The number of nitrogens with zero attached hydrogens (tertiary/aromatic N) is 1. The third-order valence-electron chi connectivity index (χ3n) is 3.37. The summed E-state index contributed by atoms with van der Waals surface area (Å²) in [6.45, 7) is 2.46. The van der Waals surface area contributed by atoms with Crippen LogP contribution in [0.15, 0.2) is 18.2 Å². The van der Waals surface area contributed by atoms with Crippen molar-refractivity contribution in [3.05, 3.63) is 44.4 Å². The van der Waals surface area contributed by atoms with Gasteiger partial charge < -0.3 is 9.84 Å². The van der Waals surface area contributed by atoms with Crippen LogP contribution in [-0.4, -0.2) is 10.1 Å². The lowest BCUT2D eigenvalue weighted by Crippen LogP contribution is -1.95. The summed E-state index contributed by atoms with van der Waals surface area (Å²) in [7, 11) is 0. The maximum atomic E-state index is 9.38. The molecular weight excluding hydrogens is 294 g/mol. The van der Waals surface area contributed by atoms with Gasteiger partial charge in [0.25, 0.3) is 0 Å². The number of halogens is 1. The van der Waals surface area contributed by atoms with E-state index in [0.29, 0.717) is 12.5 Å². The van der Waals surface area contributed by atoms with Gasteiger partial charge in [0.15, 0.2) is 0 Å². The Hall–Kier alpha value is -1.10. The highest BCUT2D eigenvalue weighted by Crippen LogP contribution is 2.42. The Bertz CT molecular complexity index is 622. The van der Waals surface area contributed by atoms with E-state index >= 15 is 0 Å². The molecule has 20 heavy (non-hydrogen) atoms. The lowest BCUT2D eigenvalue weighted by Gasteiger charge is -2.05. The SMILES string of the molecule is Cc1cc(OCc2nc(C3CC3)c(CO)s2)ccc1Cl. The van der Waals surface area contributed by atoms with E-state index in [1.54, 1.807) is 11.3 Å². The van der Waals surface area contributed by atoms with Crippen LogP contribution in [0, 0.1) is 6.92 Å². The van der Waals surface area contributed by atoms with Gasteiger partial charge in [-0.3, -0.25) is 0 Å². The second-order valence-corrected chi connectivity index (χ2v) is 6.62. The predicted molar refractivity (Wildman–Crippen MR) is 80.5 cm³/mol. The van der Waals surface area contributed by atoms with E-state index in [1.807, 2.05) is 25.1 Å². The van der Waals surface area contributed by atoms with E-state index in [1.165, 1.54) is 12.8 Å². The van der Waals surface area contributed by atoms with Gasteiger partial charge in [-0.25, -0.2) is 4.98 Å². The zero-order valence-corrected chi connectivity index (χ0v) is 12.8. The number of aromatic nitrogens is 1. The van der Waals surface area contributed by atoms with Crippen molar-refractivity contribution in [1.82, 2.24) is 4.98 Å². The molecule has 0 aliphatic heterocycles. The summed E-state index contributed by atoms with van der Waals surface area (Å²) in [6.07, 6.45) is 2.38. The Kier molecular flexibility index (Phi) is 3.96. The molecule has 3 rings (SSSR count). The van der Waals surface area contributed by atoms with E-state index in [0.717, 1.165) is 31.9 Å². The van der Waals surface area contributed by atoms with Gasteiger partial charge in [0, 0.05) is 10.9 Å². The standard InChI is InChI=1S/C15H16ClNO2S/c1-9-6-11(4-5-12(9)16)19-8-14-17-15(10-2-3-10)13(7-18)20-14/h4-6,10,18H,2-3,7-8H2,1H3. The summed E-state index contributed by atoms with van der Waals surface area (Å²) in [5.41, 5.74) is 2.07. The van der Waals surface area contributed by atoms with Gasteiger partial charge in [-0.05, 0) is 43.5 Å². The maximum Gasteiger partial charge on any atom is 0.140 e. The Morgan fingerprint density at radius 3 is 2.90 bits per heavy atom. The molecule has 1 N–H and O–H groups in total. The molecule has 0 amide bonds. The van der Waals surface area contributed by atoms with E-state index < -0.39 is 0 Å². The number of benzene rings is 1. The highest BCUT2D eigenvalue weighted by Gasteiger charge is 2.29. The summed E-state index contributed by atoms with van der Waals surface area (Å²) in [6, 6.07) is 5.62. The molecule has 1 heterocycles. The van der Waals surface area contributed by atoms with Crippen LogP contribution in [0.1, 0.15) is 39.9 Å². The van der Waals surface area contributed by atoms with Gasteiger partial charge in [0.2, 0.25) is 0 Å². The van der Waals surface area contributed by atoms with Crippen molar-refractivity contribution in [1.29, 1.82) is 0 Å². The number of aliphatic hydroxyl groups is 1. The minimum atomic E-state index is 0.0730. The number of aliphatic hydroxyl groups excluding tert-OH is 1. The van der Waals surface area contributed by atoms with Gasteiger partial charge in [0.05, 0.1) is 17.2 Å². The molecule has 0 saturated heterocycles. The third kappa shape index (κ3) is 2.97. The van der Waals surface area contributed by atoms with Gasteiger partial charge in [-0.2, -0.15) is 0 Å². The molecule has 0 bridgehead atoms. The van der Waals surface area contributed by atoms with Gasteiger partial charge in [-0.1, -0.05) is 11.6 Å². The van der Waals surface area contributed by atoms with Crippen LogP contribution in [0.5, 0.6) is 5.75 Å². The number of thiazole rings is 1. The minimum absolute atomic E-state index is 0.0730. The lowest BCUT2D eigenvalue weighted by atomic mass is 10.2. The topological polar surface area (TPSA) is 42.4 Å². The van der Waals surface area contributed by atoms with Crippen molar-refractivity contribution in [2.45, 2.75) is 38.9 Å². The lowest BCUT2D eigenvalue weighted by molar-refractivity contribution is 0.284. The van der Waals surface area contributed by atoms with Crippen LogP contribution >= 0.6 is 22.9 Å². The Balaban J connectivity index is 1.70. The highest BCUT2D eigenvalue weighted by atomic mass is 35.5. The minimum Gasteiger partial charge on any atom is -0.486 e. The first-order chi connectivity index (χ1) is 9.67. The van der Waals surface area contributed by atoms with Crippen LogP contribution in [0.2, 0.25) is 5.02 Å². The molecule has 1 aromatic carbocycles. The molecule has 1 aromatic heterocycles. The van der Waals surface area contributed by atoms with Crippen molar-refractivity contribution in [2.24, 2.45) is 0 Å². The molecule has 106 valence electrons. The quantitative estimate of drug-likeness (QED) is 0.906. The number of rotatable bonds is 5. The monoisotopic (exact) mass is 309 g/mol. The van der Waals surface area contributed by atoms with Gasteiger partial charge in [-0.15, -0.1) is 11.3 Å². The zero-order valence-electron chi connectivity index (χ0n) is 11.2. The summed E-state index contributed by atoms with van der Waals surface area (Å²) in [4.78, 5) is 5.59. The molecule has 1 fully saturated rings. The normalized spacial score (nSPS) is 14.6. The fourth-order valence-electron chi connectivity index (χ4n) is 2.12. The molecule has 1 aliphatic carbocycles. The molecule has 0 radical (unpaired) electrons. The summed E-state index contributed by atoms with van der Waals surface area (Å²) >= 11 is 7.53. The summed E-state index contributed by atoms with van der Waals surface area (Å²) < 4.78 is 5.75. The number of aryl methyl sites for hydroxylation is 1. The fraction of sp³-hybridized carbons (Fsp3) is 0.400. The number of ether oxygens (including phenoxy) is 1. The molecule has 0 unspecified atom stereocenters. The van der Waals surface area contributed by atoms with Gasteiger partial charge in [0.1, 0.15) is 17.4 Å². The van der Waals surface area contributed by atoms with Crippen LogP contribution in [-0.2, 0) is 13.2 Å². The van der Waals surface area contributed by atoms with Crippen molar-refractivity contribution in [3.8, 4) is 5.75 Å². The summed E-state index contributed by atoms with van der Waals surface area (Å²) in [5, 5.41) is 11.0. The molecular formula is C15H16ClNO2S. The van der Waals surface area contributed by atoms with Crippen LogP contribution < -0.4 is 4.74 Å². The molecule has 3 nitrogen and oxygen atoms in total. The number of hydrogen-bond donors (Lipinski definition) is 1. The van der Waals surface area contributed by atoms with Crippen molar-refractivity contribution >= 4 is 22.9 Å². The molecule has 1 saturated carbocycles. The molecule has 2 aromatic rings. The largest absolute Gasteiger partial charge is 0.486 e. The van der Waals surface area contributed by atoms with E-state index in [9.17, 15) is 5.11 Å².